The van der Waals surface area contributed by atoms with Gasteiger partial charge in [-0.3, -0.25) is 14.4 Å². The monoisotopic (exact) mass is 597 g/mol. The van der Waals surface area contributed by atoms with Crippen LogP contribution < -0.4 is 5.32 Å². The van der Waals surface area contributed by atoms with Crippen LogP contribution in [0.3, 0.4) is 0 Å². The minimum absolute atomic E-state index is 0.00268. The lowest BCUT2D eigenvalue weighted by Gasteiger charge is -2.44. The average molecular weight is 598 g/mol. The van der Waals surface area contributed by atoms with Gasteiger partial charge in [-0.15, -0.1) is 0 Å². The highest BCUT2D eigenvalue weighted by Crippen LogP contribution is 2.38. The first-order valence-electron chi connectivity index (χ1n) is 13.8. The summed E-state index contributed by atoms with van der Waals surface area (Å²) in [7, 11) is 1.37. The van der Waals surface area contributed by atoms with Gasteiger partial charge in [-0.2, -0.15) is 26.3 Å². The number of piperidine rings is 1. The zero-order chi connectivity index (χ0) is 30.8. The first kappa shape index (κ1) is 31.4. The van der Waals surface area contributed by atoms with Crippen LogP contribution in [0.2, 0.25) is 0 Å². The lowest BCUT2D eigenvalue weighted by Crippen LogP contribution is -2.53. The van der Waals surface area contributed by atoms with E-state index in [0.29, 0.717) is 44.2 Å². The van der Waals surface area contributed by atoms with Crippen LogP contribution in [-0.2, 0) is 21.9 Å². The number of alkyl halides is 6. The van der Waals surface area contributed by atoms with Gasteiger partial charge in [-0.05, 0) is 55.9 Å². The van der Waals surface area contributed by atoms with Crippen molar-refractivity contribution in [2.75, 3.05) is 20.1 Å². The third kappa shape index (κ3) is 7.25. The van der Waals surface area contributed by atoms with Crippen molar-refractivity contribution in [2.45, 2.75) is 69.4 Å². The summed E-state index contributed by atoms with van der Waals surface area (Å²) >= 11 is 0. The van der Waals surface area contributed by atoms with E-state index in [0.717, 1.165) is 5.56 Å². The molecule has 1 aliphatic heterocycles. The Kier molecular flexibility index (Phi) is 9.22. The van der Waals surface area contributed by atoms with Gasteiger partial charge in [0.2, 0.25) is 11.8 Å². The van der Waals surface area contributed by atoms with Crippen LogP contribution in [0.5, 0.6) is 0 Å². The Morgan fingerprint density at radius 2 is 1.43 bits per heavy atom. The normalized spacial score (nSPS) is 23.3. The van der Waals surface area contributed by atoms with E-state index >= 15 is 0 Å². The first-order chi connectivity index (χ1) is 19.6. The molecule has 4 rings (SSSR count). The van der Waals surface area contributed by atoms with Gasteiger partial charge in [-0.1, -0.05) is 30.3 Å². The van der Waals surface area contributed by atoms with Crippen LogP contribution in [0.15, 0.2) is 48.5 Å². The van der Waals surface area contributed by atoms with E-state index in [1.165, 1.54) is 18.9 Å². The van der Waals surface area contributed by atoms with Gasteiger partial charge in [-0.25, -0.2) is 0 Å². The molecule has 6 nitrogen and oxygen atoms in total. The summed E-state index contributed by atoms with van der Waals surface area (Å²) < 4.78 is 80.6. The van der Waals surface area contributed by atoms with Gasteiger partial charge in [0.1, 0.15) is 0 Å². The number of likely N-dealkylation sites (N-methyl/N-ethyl adjacent to an activating group) is 1. The molecule has 2 fully saturated rings. The van der Waals surface area contributed by atoms with E-state index in [1.54, 1.807) is 23.1 Å². The standard InChI is InChI=1S/C30H33F6N3O3/c1-18(40)37-24-10-8-20(9-11-24)28(42)39-13-12-26(25(17-39)19-6-4-3-5-7-19)38(2)27(41)21-14-22(29(31,32)33)16-23(15-21)30(34,35)36/h3-7,14-16,20,24-26H,8-13,17H2,1-2H3,(H,37,40)/t20?,24?,25-,26+/m0/s1. The van der Waals surface area contributed by atoms with Gasteiger partial charge in [0.15, 0.2) is 0 Å². The maximum atomic E-state index is 13.5. The third-order valence-electron chi connectivity index (χ3n) is 8.25. The molecule has 1 N–H and O–H groups in total. The summed E-state index contributed by atoms with van der Waals surface area (Å²) in [6.07, 6.45) is -7.25. The highest BCUT2D eigenvalue weighted by molar-refractivity contribution is 5.95. The predicted molar refractivity (Wildman–Crippen MR) is 142 cm³/mol. The summed E-state index contributed by atoms with van der Waals surface area (Å²) in [5.41, 5.74) is -3.01. The Balaban J connectivity index is 1.56. The number of nitrogens with one attached hydrogen (secondary N) is 1. The molecule has 2 aliphatic rings. The van der Waals surface area contributed by atoms with Gasteiger partial charge in [0, 0.05) is 56.5 Å². The molecule has 42 heavy (non-hydrogen) atoms. The lowest BCUT2D eigenvalue weighted by atomic mass is 9.82. The molecule has 0 bridgehead atoms. The quantitative estimate of drug-likeness (QED) is 0.438. The van der Waals surface area contributed by atoms with E-state index < -0.39 is 46.9 Å². The molecular formula is C30H33F6N3O3. The fourth-order valence-electron chi connectivity index (χ4n) is 6.09. The van der Waals surface area contributed by atoms with E-state index in [4.69, 9.17) is 0 Å². The van der Waals surface area contributed by atoms with Crippen molar-refractivity contribution >= 4 is 17.7 Å². The second-order valence-electron chi connectivity index (χ2n) is 11.1. The molecule has 1 saturated carbocycles. The van der Waals surface area contributed by atoms with Crippen LogP contribution in [-0.4, -0.2) is 59.7 Å². The summed E-state index contributed by atoms with van der Waals surface area (Å²) in [6.45, 7) is 1.98. The number of likely N-dealkylation sites (tertiary alicyclic amines) is 1. The minimum atomic E-state index is -5.07. The summed E-state index contributed by atoms with van der Waals surface area (Å²) in [5, 5.41) is 2.89. The number of rotatable bonds is 5. The number of halogens is 6. The number of amides is 3. The number of hydrogen-bond donors (Lipinski definition) is 1. The number of nitrogens with zero attached hydrogens (tertiary/aromatic N) is 2. The van der Waals surface area contributed by atoms with Crippen molar-refractivity contribution in [3.8, 4) is 0 Å². The smallest absolute Gasteiger partial charge is 0.354 e. The van der Waals surface area contributed by atoms with Crippen molar-refractivity contribution < 1.29 is 40.7 Å². The van der Waals surface area contributed by atoms with Crippen LogP contribution in [0.25, 0.3) is 0 Å². The number of carbonyl (C=O) groups excluding carboxylic acids is 3. The van der Waals surface area contributed by atoms with E-state index in [9.17, 15) is 40.7 Å². The van der Waals surface area contributed by atoms with E-state index in [1.807, 2.05) is 12.1 Å². The fraction of sp³-hybridized carbons (Fsp3) is 0.500. The SMILES string of the molecule is CC(=O)NC1CCC(C(=O)N2CC[C@@H](N(C)C(=O)c3cc(C(F)(F)F)cc(C(F)(F)F)c3)[C@H](c3ccccc3)C2)CC1. The highest BCUT2D eigenvalue weighted by Gasteiger charge is 2.41. The van der Waals surface area contributed by atoms with Crippen LogP contribution in [0, 0.1) is 5.92 Å². The maximum absolute atomic E-state index is 13.5. The predicted octanol–water partition coefficient (Wildman–Crippen LogP) is 5.88. The van der Waals surface area contributed by atoms with E-state index in [-0.39, 0.29) is 42.9 Å². The molecule has 2 aromatic carbocycles. The van der Waals surface area contributed by atoms with Crippen molar-refractivity contribution in [1.82, 2.24) is 15.1 Å². The molecule has 1 saturated heterocycles. The Hall–Kier alpha value is -3.57. The maximum Gasteiger partial charge on any atom is 0.416 e. The zero-order valence-corrected chi connectivity index (χ0v) is 23.3. The van der Waals surface area contributed by atoms with Crippen molar-refractivity contribution in [3.05, 3.63) is 70.8 Å². The van der Waals surface area contributed by atoms with Crippen molar-refractivity contribution in [2.24, 2.45) is 5.92 Å². The molecule has 0 aromatic heterocycles. The summed E-state index contributed by atoms with van der Waals surface area (Å²) in [6, 6.07) is 9.38. The second-order valence-corrected chi connectivity index (χ2v) is 11.1. The molecule has 228 valence electrons. The van der Waals surface area contributed by atoms with Crippen LogP contribution in [0.4, 0.5) is 26.3 Å². The van der Waals surface area contributed by atoms with Gasteiger partial charge in [0.25, 0.3) is 5.91 Å². The molecule has 2 aromatic rings. The van der Waals surface area contributed by atoms with Gasteiger partial charge < -0.3 is 15.1 Å². The molecule has 3 amide bonds. The minimum Gasteiger partial charge on any atom is -0.354 e. The Morgan fingerprint density at radius 1 is 0.857 bits per heavy atom. The highest BCUT2D eigenvalue weighted by atomic mass is 19.4. The van der Waals surface area contributed by atoms with Crippen LogP contribution >= 0.6 is 0 Å². The van der Waals surface area contributed by atoms with Gasteiger partial charge in [0.05, 0.1) is 11.1 Å². The fourth-order valence-corrected chi connectivity index (χ4v) is 6.09. The lowest BCUT2D eigenvalue weighted by molar-refractivity contribution is -0.143. The number of carbonyl (C=O) groups is 3. The molecule has 2 atom stereocenters. The molecule has 0 spiro atoms. The number of hydrogen-bond acceptors (Lipinski definition) is 3. The topological polar surface area (TPSA) is 69.7 Å². The molecule has 0 unspecified atom stereocenters. The van der Waals surface area contributed by atoms with Gasteiger partial charge >= 0.3 is 12.4 Å². The zero-order valence-electron chi connectivity index (χ0n) is 23.3. The van der Waals surface area contributed by atoms with Crippen molar-refractivity contribution in [1.29, 1.82) is 0 Å². The second kappa shape index (κ2) is 12.3. The third-order valence-corrected chi connectivity index (χ3v) is 8.25. The Bertz CT molecular complexity index is 1260. The number of benzene rings is 2. The molecule has 12 heteroatoms. The first-order valence-corrected chi connectivity index (χ1v) is 13.8. The van der Waals surface area contributed by atoms with E-state index in [2.05, 4.69) is 5.32 Å². The summed E-state index contributed by atoms with van der Waals surface area (Å²) in [4.78, 5) is 41.2. The Morgan fingerprint density at radius 3 is 1.95 bits per heavy atom. The van der Waals surface area contributed by atoms with Crippen LogP contribution in [0.1, 0.15) is 72.0 Å². The molecule has 1 aliphatic carbocycles. The molecule has 1 heterocycles. The molecular weight excluding hydrogens is 564 g/mol. The average Bonchev–Trinajstić information content (AvgIpc) is 2.95. The summed E-state index contributed by atoms with van der Waals surface area (Å²) in [5.74, 6) is -1.74. The Labute approximate surface area is 240 Å². The van der Waals surface area contributed by atoms with Crippen molar-refractivity contribution in [3.63, 3.8) is 0 Å². The molecule has 0 radical (unpaired) electrons. The largest absolute Gasteiger partial charge is 0.416 e.